The Morgan fingerprint density at radius 1 is 1.07 bits per heavy atom. The van der Waals surface area contributed by atoms with Crippen molar-refractivity contribution >= 4 is 27.9 Å². The van der Waals surface area contributed by atoms with Crippen molar-refractivity contribution in [1.29, 1.82) is 0 Å². The molecule has 2 unspecified atom stereocenters. The molecule has 0 spiro atoms. The van der Waals surface area contributed by atoms with Crippen LogP contribution in [0.25, 0.3) is 0 Å². The molecule has 1 fully saturated rings. The number of benzene rings is 2. The summed E-state index contributed by atoms with van der Waals surface area (Å²) in [5, 5.41) is 5.77. The molecule has 2 aromatic carbocycles. The lowest BCUT2D eigenvalue weighted by atomic mass is 9.91. The molecule has 0 aliphatic heterocycles. The van der Waals surface area contributed by atoms with E-state index in [9.17, 15) is 14.0 Å². The van der Waals surface area contributed by atoms with Crippen molar-refractivity contribution < 1.29 is 14.0 Å². The van der Waals surface area contributed by atoms with Gasteiger partial charge in [-0.2, -0.15) is 0 Å². The Kier molecular flexibility index (Phi) is 7.25. The van der Waals surface area contributed by atoms with E-state index in [-0.39, 0.29) is 24.2 Å². The molecule has 0 bridgehead atoms. The Labute approximate surface area is 178 Å². The topological polar surface area (TPSA) is 84.2 Å². The number of urea groups is 1. The largest absolute Gasteiger partial charge is 0.352 e. The molecular formula is C22H25BrFN3O2. The van der Waals surface area contributed by atoms with Crippen molar-refractivity contribution in [2.24, 2.45) is 11.7 Å². The second-order valence-corrected chi connectivity index (χ2v) is 8.38. The maximum Gasteiger partial charge on any atom is 0.312 e. The van der Waals surface area contributed by atoms with E-state index in [2.05, 4.69) is 26.6 Å². The molecule has 29 heavy (non-hydrogen) atoms. The van der Waals surface area contributed by atoms with Gasteiger partial charge < -0.3 is 16.4 Å². The van der Waals surface area contributed by atoms with Gasteiger partial charge in [-0.05, 0) is 54.2 Å². The molecular weight excluding hydrogens is 437 g/mol. The maximum absolute atomic E-state index is 13.4. The van der Waals surface area contributed by atoms with Crippen LogP contribution in [-0.2, 0) is 4.79 Å². The molecule has 0 radical (unpaired) electrons. The van der Waals surface area contributed by atoms with Crippen LogP contribution in [-0.4, -0.2) is 11.9 Å². The third-order valence-corrected chi connectivity index (χ3v) is 5.87. The summed E-state index contributed by atoms with van der Waals surface area (Å²) in [5.74, 6) is -0.173. The summed E-state index contributed by atoms with van der Waals surface area (Å²) in [6, 6.07) is 12.3. The quantitative estimate of drug-likeness (QED) is 0.556. The minimum absolute atomic E-state index is 0.0593. The van der Waals surface area contributed by atoms with Gasteiger partial charge in [0.1, 0.15) is 5.82 Å². The number of carbonyl (C=O) groups excluding carboxylic acids is 2. The van der Waals surface area contributed by atoms with Crippen LogP contribution in [0.4, 0.5) is 9.18 Å². The maximum atomic E-state index is 13.4. The molecule has 5 nitrogen and oxygen atoms in total. The molecule has 1 aliphatic carbocycles. The van der Waals surface area contributed by atoms with Gasteiger partial charge in [-0.1, -0.05) is 53.0 Å². The van der Waals surface area contributed by atoms with Crippen molar-refractivity contribution in [2.75, 3.05) is 0 Å². The van der Waals surface area contributed by atoms with E-state index in [1.165, 1.54) is 12.1 Å². The Balaban J connectivity index is 1.76. The van der Waals surface area contributed by atoms with Crippen molar-refractivity contribution in [3.8, 4) is 0 Å². The zero-order valence-electron chi connectivity index (χ0n) is 16.0. The molecule has 4 N–H and O–H groups in total. The van der Waals surface area contributed by atoms with Crippen molar-refractivity contribution in [3.05, 3.63) is 69.9 Å². The Morgan fingerprint density at radius 3 is 2.38 bits per heavy atom. The number of hydrogen-bond acceptors (Lipinski definition) is 2. The highest BCUT2D eigenvalue weighted by atomic mass is 79.9. The van der Waals surface area contributed by atoms with Crippen LogP contribution in [0.5, 0.6) is 0 Å². The van der Waals surface area contributed by atoms with Gasteiger partial charge in [-0.3, -0.25) is 4.79 Å². The highest BCUT2D eigenvalue weighted by molar-refractivity contribution is 9.10. The summed E-state index contributed by atoms with van der Waals surface area (Å²) in [4.78, 5) is 24.4. The molecule has 0 aromatic heterocycles. The van der Waals surface area contributed by atoms with Crippen LogP contribution in [0.1, 0.15) is 55.3 Å². The van der Waals surface area contributed by atoms with Crippen LogP contribution in [0.15, 0.2) is 53.0 Å². The summed E-state index contributed by atoms with van der Waals surface area (Å²) >= 11 is 3.41. The molecule has 7 heteroatoms. The van der Waals surface area contributed by atoms with Gasteiger partial charge in [0.25, 0.3) is 0 Å². The lowest BCUT2D eigenvalue weighted by Crippen LogP contribution is -2.38. The van der Waals surface area contributed by atoms with Gasteiger partial charge in [-0.25, -0.2) is 9.18 Å². The highest BCUT2D eigenvalue weighted by Gasteiger charge is 2.29. The normalized spacial score (nSPS) is 16.2. The number of rotatable bonds is 7. The summed E-state index contributed by atoms with van der Waals surface area (Å²) in [5.41, 5.74) is 7.00. The first kappa shape index (κ1) is 21.3. The molecule has 2 aromatic rings. The third-order valence-electron chi connectivity index (χ3n) is 5.37. The molecule has 3 rings (SSSR count). The molecule has 1 saturated carbocycles. The number of hydrogen-bond donors (Lipinski definition) is 3. The summed E-state index contributed by atoms with van der Waals surface area (Å²) < 4.78 is 14.2. The second-order valence-electron chi connectivity index (χ2n) is 7.46. The first-order valence-corrected chi connectivity index (χ1v) is 10.6. The van der Waals surface area contributed by atoms with Crippen LogP contribution in [0, 0.1) is 11.7 Å². The van der Waals surface area contributed by atoms with Gasteiger partial charge in [-0.15, -0.1) is 0 Å². The molecule has 0 heterocycles. The minimum atomic E-state index is -0.686. The number of amides is 3. The third kappa shape index (κ3) is 6.03. The van der Waals surface area contributed by atoms with E-state index in [4.69, 9.17) is 5.73 Å². The summed E-state index contributed by atoms with van der Waals surface area (Å²) in [6.07, 6.45) is 4.36. The van der Waals surface area contributed by atoms with Crippen LogP contribution < -0.4 is 16.4 Å². The van der Waals surface area contributed by atoms with E-state index in [0.717, 1.165) is 41.3 Å². The monoisotopic (exact) mass is 461 g/mol. The standard InChI is InChI=1S/C22H25BrFN3O2/c23-17-7-3-6-16(12-17)19(26-22(25)29)13-20(28)27-21(14-4-1-2-5-14)15-8-10-18(24)11-9-15/h3,6-12,14,19,21H,1-2,4-5,13H2,(H,27,28)(H3,25,26,29). The Morgan fingerprint density at radius 2 is 1.76 bits per heavy atom. The Hall–Kier alpha value is -2.41. The fourth-order valence-electron chi connectivity index (χ4n) is 4.00. The second kappa shape index (κ2) is 9.87. The van der Waals surface area contributed by atoms with E-state index in [1.54, 1.807) is 12.1 Å². The van der Waals surface area contributed by atoms with Crippen LogP contribution in [0.2, 0.25) is 0 Å². The molecule has 154 valence electrons. The first-order chi connectivity index (χ1) is 13.9. The molecule has 2 atom stereocenters. The fourth-order valence-corrected chi connectivity index (χ4v) is 4.42. The van der Waals surface area contributed by atoms with Gasteiger partial charge in [0.05, 0.1) is 18.5 Å². The molecule has 0 saturated heterocycles. The average molecular weight is 462 g/mol. The highest BCUT2D eigenvalue weighted by Crippen LogP contribution is 2.36. The number of nitrogens with two attached hydrogens (primary N) is 1. The van der Waals surface area contributed by atoms with Gasteiger partial charge in [0, 0.05) is 4.47 Å². The lowest BCUT2D eigenvalue weighted by Gasteiger charge is -2.27. The SMILES string of the molecule is NC(=O)NC(CC(=O)NC(c1ccc(F)cc1)C1CCCC1)c1cccc(Br)c1. The van der Waals surface area contributed by atoms with Gasteiger partial charge in [0.2, 0.25) is 5.91 Å². The minimum Gasteiger partial charge on any atom is -0.352 e. The first-order valence-electron chi connectivity index (χ1n) is 9.78. The van der Waals surface area contributed by atoms with Gasteiger partial charge >= 0.3 is 6.03 Å². The van der Waals surface area contributed by atoms with E-state index >= 15 is 0 Å². The summed E-state index contributed by atoms with van der Waals surface area (Å²) in [6.45, 7) is 0. The predicted octanol–water partition coefficient (Wildman–Crippen LogP) is 4.74. The number of carbonyl (C=O) groups is 2. The average Bonchev–Trinajstić information content (AvgIpc) is 3.20. The van der Waals surface area contributed by atoms with Gasteiger partial charge in [0.15, 0.2) is 0 Å². The van der Waals surface area contributed by atoms with E-state index < -0.39 is 12.1 Å². The van der Waals surface area contributed by atoms with Crippen molar-refractivity contribution in [3.63, 3.8) is 0 Å². The predicted molar refractivity (Wildman–Crippen MR) is 113 cm³/mol. The molecule has 1 aliphatic rings. The molecule has 3 amide bonds. The summed E-state index contributed by atoms with van der Waals surface area (Å²) in [7, 11) is 0. The van der Waals surface area contributed by atoms with E-state index in [0.29, 0.717) is 5.92 Å². The van der Waals surface area contributed by atoms with Crippen molar-refractivity contribution in [2.45, 2.75) is 44.2 Å². The number of nitrogens with one attached hydrogen (secondary N) is 2. The van der Waals surface area contributed by atoms with Crippen LogP contribution in [0.3, 0.4) is 0 Å². The number of primary amides is 1. The zero-order chi connectivity index (χ0) is 20.8. The number of halogens is 2. The van der Waals surface area contributed by atoms with Crippen molar-refractivity contribution in [1.82, 2.24) is 10.6 Å². The van der Waals surface area contributed by atoms with Crippen LogP contribution >= 0.6 is 15.9 Å². The Bertz CT molecular complexity index is 853. The lowest BCUT2D eigenvalue weighted by molar-refractivity contribution is -0.122. The smallest absolute Gasteiger partial charge is 0.312 e. The zero-order valence-corrected chi connectivity index (χ0v) is 17.6. The van der Waals surface area contributed by atoms with E-state index in [1.807, 2.05) is 24.3 Å². The fraction of sp³-hybridized carbons (Fsp3) is 0.364.